The molecule has 0 aromatic heterocycles. The molecule has 0 aliphatic carbocycles. The first kappa shape index (κ1) is 80.6. The number of primary amides is 2. The molecule has 37 heteroatoms. The summed E-state index contributed by atoms with van der Waals surface area (Å²) in [6, 6.07) is -15.5. The summed E-state index contributed by atoms with van der Waals surface area (Å²) in [4.78, 5) is 201. The Morgan fingerprint density at radius 1 is 0.560 bits per heavy atom. The third-order valence-corrected chi connectivity index (χ3v) is 14.4. The molecule has 91 heavy (non-hydrogen) atoms. The first-order valence-corrected chi connectivity index (χ1v) is 30.8. The van der Waals surface area contributed by atoms with E-state index in [2.05, 4.69) is 63.5 Å². The molecular formula is C54H94N18O18S. The van der Waals surface area contributed by atoms with Crippen molar-refractivity contribution in [2.45, 2.75) is 192 Å². The van der Waals surface area contributed by atoms with Crippen LogP contribution in [0.3, 0.4) is 0 Å². The van der Waals surface area contributed by atoms with Crippen LogP contribution in [0.1, 0.15) is 113 Å². The number of rotatable bonds is 41. The second-order valence-corrected chi connectivity index (χ2v) is 23.6. The Labute approximate surface area is 530 Å². The molecule has 0 radical (unpaired) electrons. The van der Waals surface area contributed by atoms with E-state index in [-0.39, 0.29) is 76.3 Å². The molecule has 1 aliphatic heterocycles. The lowest BCUT2D eigenvalue weighted by Crippen LogP contribution is -2.60. The van der Waals surface area contributed by atoms with Gasteiger partial charge in [-0.15, -0.1) is 0 Å². The van der Waals surface area contributed by atoms with E-state index in [1.54, 1.807) is 34.0 Å². The van der Waals surface area contributed by atoms with Gasteiger partial charge in [0.25, 0.3) is 0 Å². The molecular weight excluding hydrogens is 1220 g/mol. The Kier molecular flexibility index (Phi) is 35.7. The van der Waals surface area contributed by atoms with Crippen LogP contribution in [0.25, 0.3) is 0 Å². The fraction of sp³-hybridized carbons (Fsp3) is 0.704. The lowest BCUT2D eigenvalue weighted by atomic mass is 10.0. The first-order valence-electron chi connectivity index (χ1n) is 29.4. The van der Waals surface area contributed by atoms with Gasteiger partial charge in [-0.2, -0.15) is 11.8 Å². The summed E-state index contributed by atoms with van der Waals surface area (Å²) >= 11 is 1.35. The van der Waals surface area contributed by atoms with Crippen LogP contribution in [-0.4, -0.2) is 232 Å². The van der Waals surface area contributed by atoms with Crippen LogP contribution in [-0.2, 0) is 71.9 Å². The standard InChI is InChI=1S/C54H94N18O18S/c1-24(2)20-33(67-47(83)32(16-19-91-9)66-51(87)40(25(3)4)71-43(79)26(5)63-44(80)30(55)14-15-36(56)75)45(81)61-22-38(77)69-41(28(7)73)50(86)62-23-39(78)70-42(29(8)74)52(88)72-18-11-13-35(72)49(85)68-34(21-37(57)76)48(84)65-31(12-10-17-60-54(58)59)46(82)64-27(6)53(89)90/h24-35,40-42,73-74H,10-23,55H2,1-9H3,(H2,56,75)(H2,57,76)(H,61,81)(H,62,86)(H,63,80)(H,64,82)(H,65,84)(H,66,87)(H,67,83)(H,68,85)(H,69,77)(H,70,78)(H,71,79)(H,89,90)(H4,58,59,60)/t26-,27-,28+,29+,30-,31-,32-,33-,34-,35-,40-,41-,42-/m0/s1. The maximum Gasteiger partial charge on any atom is 0.325 e. The number of aliphatic hydroxyl groups is 2. The summed E-state index contributed by atoms with van der Waals surface area (Å²) in [5, 5.41) is 56.8. The van der Waals surface area contributed by atoms with Crippen LogP contribution in [0.15, 0.2) is 4.99 Å². The summed E-state index contributed by atoms with van der Waals surface area (Å²) in [6.45, 7) is 9.74. The second-order valence-electron chi connectivity index (χ2n) is 22.6. The summed E-state index contributed by atoms with van der Waals surface area (Å²) in [5.74, 6) is -14.9. The Balaban J connectivity index is 3.11. The van der Waals surface area contributed by atoms with Gasteiger partial charge in [0.15, 0.2) is 5.96 Å². The van der Waals surface area contributed by atoms with Crippen LogP contribution >= 0.6 is 11.8 Å². The number of carboxylic acids is 1. The maximum absolute atomic E-state index is 14.0. The predicted octanol–water partition coefficient (Wildman–Crippen LogP) is -8.56. The molecule has 514 valence electrons. The van der Waals surface area contributed by atoms with Gasteiger partial charge in [0, 0.05) is 19.5 Å². The number of nitrogens with one attached hydrogen (secondary N) is 11. The monoisotopic (exact) mass is 1310 g/mol. The highest BCUT2D eigenvalue weighted by Crippen LogP contribution is 2.20. The van der Waals surface area contributed by atoms with Crippen molar-refractivity contribution in [2.24, 2.45) is 45.5 Å². The van der Waals surface area contributed by atoms with Crippen molar-refractivity contribution in [1.29, 1.82) is 0 Å². The Morgan fingerprint density at radius 2 is 1.09 bits per heavy atom. The molecule has 36 nitrogen and oxygen atoms in total. The highest BCUT2D eigenvalue weighted by atomic mass is 32.2. The molecule has 1 aliphatic rings. The molecule has 1 fully saturated rings. The fourth-order valence-electron chi connectivity index (χ4n) is 8.76. The van der Waals surface area contributed by atoms with Gasteiger partial charge < -0.3 is 107 Å². The molecule has 1 heterocycles. The zero-order chi connectivity index (χ0) is 69.6. The third kappa shape index (κ3) is 29.8. The van der Waals surface area contributed by atoms with Crippen molar-refractivity contribution in [1.82, 2.24) is 63.4 Å². The molecule has 0 unspecified atom stereocenters. The number of carbonyl (C=O) groups is 15. The molecule has 0 bridgehead atoms. The minimum absolute atomic E-state index is 0.00433. The van der Waals surface area contributed by atoms with E-state index >= 15 is 0 Å². The summed E-state index contributed by atoms with van der Waals surface area (Å²) in [7, 11) is 0. The van der Waals surface area contributed by atoms with Crippen LogP contribution in [0.4, 0.5) is 0 Å². The quantitative estimate of drug-likeness (QED) is 0.0154. The topological polar surface area (TPSA) is 595 Å². The third-order valence-electron chi connectivity index (χ3n) is 13.8. The van der Waals surface area contributed by atoms with E-state index in [9.17, 15) is 87.2 Å². The van der Waals surface area contributed by atoms with Gasteiger partial charge in [-0.3, -0.25) is 76.9 Å². The van der Waals surface area contributed by atoms with Gasteiger partial charge in [-0.05, 0) is 96.5 Å². The van der Waals surface area contributed by atoms with Crippen molar-refractivity contribution in [2.75, 3.05) is 38.2 Å². The highest BCUT2D eigenvalue weighted by molar-refractivity contribution is 7.98. The zero-order valence-electron chi connectivity index (χ0n) is 52.7. The van der Waals surface area contributed by atoms with Crippen molar-refractivity contribution in [3.8, 4) is 0 Å². The second kappa shape index (κ2) is 40.3. The van der Waals surface area contributed by atoms with Gasteiger partial charge >= 0.3 is 5.97 Å². The van der Waals surface area contributed by atoms with Gasteiger partial charge in [-0.25, -0.2) is 0 Å². The maximum atomic E-state index is 14.0. The SMILES string of the molecule is CSCC[C@H](NC(=O)[C@@H](NC(=O)[C@H](C)NC(=O)[C@@H](N)CCC(N)=O)C(C)C)C(=O)N[C@@H](CC(C)C)C(=O)NCC(=O)N[C@H](C(=O)NCC(=O)N[C@H](C(=O)N1CCC[C@H]1C(=O)N[C@@H](CC(N)=O)C(=O)N[C@@H](CCCN=C(N)N)C(=O)N[C@@H](C)C(=O)O)[C@@H](C)O)[C@@H](C)O. The summed E-state index contributed by atoms with van der Waals surface area (Å²) in [5.41, 5.74) is 27.0. The molecule has 0 saturated carbocycles. The average molecular weight is 1320 g/mol. The van der Waals surface area contributed by atoms with Gasteiger partial charge in [0.1, 0.15) is 60.4 Å². The number of hydrogen-bond donors (Lipinski definition) is 19. The number of carbonyl (C=O) groups excluding carboxylic acids is 14. The molecule has 1 saturated heterocycles. The van der Waals surface area contributed by atoms with Gasteiger partial charge in [0.2, 0.25) is 82.7 Å². The van der Waals surface area contributed by atoms with Gasteiger partial charge in [0.05, 0.1) is 37.8 Å². The number of thioether (sulfide) groups is 1. The van der Waals surface area contributed by atoms with Crippen molar-refractivity contribution in [3.05, 3.63) is 0 Å². The number of amides is 14. The summed E-state index contributed by atoms with van der Waals surface area (Å²) in [6.07, 6.45) is -2.25. The predicted molar refractivity (Wildman–Crippen MR) is 328 cm³/mol. The van der Waals surface area contributed by atoms with Gasteiger partial charge in [-0.1, -0.05) is 27.7 Å². The fourth-order valence-corrected chi connectivity index (χ4v) is 9.23. The van der Waals surface area contributed by atoms with E-state index in [1.165, 1.54) is 25.6 Å². The van der Waals surface area contributed by atoms with E-state index < -0.39 is 193 Å². The van der Waals surface area contributed by atoms with E-state index in [4.69, 9.17) is 28.7 Å². The van der Waals surface area contributed by atoms with Crippen molar-refractivity contribution in [3.63, 3.8) is 0 Å². The Morgan fingerprint density at radius 3 is 1.62 bits per heavy atom. The van der Waals surface area contributed by atoms with Crippen LogP contribution < -0.4 is 87.2 Å². The minimum Gasteiger partial charge on any atom is -0.480 e. The smallest absolute Gasteiger partial charge is 0.325 e. The highest BCUT2D eigenvalue weighted by Gasteiger charge is 2.41. The summed E-state index contributed by atoms with van der Waals surface area (Å²) < 4.78 is 0. The number of aliphatic carboxylic acids is 1. The molecule has 24 N–H and O–H groups in total. The molecule has 0 aromatic rings. The molecule has 14 amide bonds. The minimum atomic E-state index is -1.75. The lowest BCUT2D eigenvalue weighted by molar-refractivity contribution is -0.144. The Hall–Kier alpha value is -8.45. The number of nitrogens with zero attached hydrogens (tertiary/aromatic N) is 2. The largest absolute Gasteiger partial charge is 0.480 e. The number of likely N-dealkylation sites (tertiary alicyclic amines) is 1. The van der Waals surface area contributed by atoms with Crippen molar-refractivity contribution < 1.29 is 87.2 Å². The number of hydrogen-bond acceptors (Lipinski definition) is 20. The van der Waals surface area contributed by atoms with E-state index in [0.29, 0.717) is 5.75 Å². The van der Waals surface area contributed by atoms with E-state index in [0.717, 1.165) is 18.7 Å². The lowest BCUT2D eigenvalue weighted by Gasteiger charge is -2.31. The normalized spacial score (nSPS) is 16.7. The van der Waals surface area contributed by atoms with Crippen LogP contribution in [0.2, 0.25) is 0 Å². The molecule has 1 rings (SSSR count). The molecule has 0 spiro atoms. The van der Waals surface area contributed by atoms with Crippen molar-refractivity contribution >= 4 is 106 Å². The number of aliphatic hydroxyl groups excluding tert-OH is 2. The molecule has 13 atom stereocenters. The number of aliphatic imine (C=N–C) groups is 1. The number of carboxylic acid groups (broad SMARTS) is 1. The van der Waals surface area contributed by atoms with Crippen LogP contribution in [0, 0.1) is 11.8 Å². The molecule has 0 aromatic carbocycles. The average Bonchev–Trinajstić information content (AvgIpc) is 2.56. The number of nitrogens with two attached hydrogens (primary N) is 5. The first-order chi connectivity index (χ1) is 42.4. The van der Waals surface area contributed by atoms with Crippen LogP contribution in [0.5, 0.6) is 0 Å². The Bertz CT molecular complexity index is 2610. The zero-order valence-corrected chi connectivity index (χ0v) is 53.5. The van der Waals surface area contributed by atoms with E-state index in [1.807, 2.05) is 0 Å². The number of guanidine groups is 1.